The van der Waals surface area contributed by atoms with E-state index in [0.29, 0.717) is 55.7 Å². The highest BCUT2D eigenvalue weighted by molar-refractivity contribution is 7.98. The normalized spacial score (nSPS) is 24.0. The Balaban J connectivity index is 1.44. The number of H-pyrrole nitrogens is 2. The third kappa shape index (κ3) is 27.2. The summed E-state index contributed by atoms with van der Waals surface area (Å²) < 4.78 is 6.33. The highest BCUT2D eigenvalue weighted by atomic mass is 32.2. The number of carbonyl (C=O) groups excluding carboxylic acids is 10. The monoisotopic (exact) mass is 1410 g/mol. The molecule has 2 aliphatic heterocycles. The predicted molar refractivity (Wildman–Crippen MR) is 376 cm³/mol. The fourth-order valence-electron chi connectivity index (χ4n) is 11.2. The summed E-state index contributed by atoms with van der Waals surface area (Å²) in [7, 11) is 0. The average Bonchev–Trinajstić information content (AvgIpc) is 1.72. The second-order valence-electron chi connectivity index (χ2n) is 26.0. The van der Waals surface area contributed by atoms with Crippen LogP contribution in [0.4, 0.5) is 0 Å². The number of ether oxygens (including phenoxy) is 1. The van der Waals surface area contributed by atoms with Crippen molar-refractivity contribution >= 4 is 106 Å². The van der Waals surface area contributed by atoms with Gasteiger partial charge in [-0.05, 0) is 123 Å². The molecule has 0 spiro atoms. The number of aromatic nitrogens is 3. The quantitative estimate of drug-likeness (QED) is 0.0637. The van der Waals surface area contributed by atoms with E-state index >= 15 is 0 Å². The Kier molecular flexibility index (Phi) is 32.8. The minimum atomic E-state index is -1.84. The highest BCUT2D eigenvalue weighted by Crippen LogP contribution is 2.27. The van der Waals surface area contributed by atoms with Crippen molar-refractivity contribution in [2.75, 3.05) is 31.3 Å². The number of benzene rings is 2. The Bertz CT molecular complexity index is 3390. The van der Waals surface area contributed by atoms with E-state index in [2.05, 4.69) is 68.0 Å². The molecule has 0 radical (unpaired) electrons. The summed E-state index contributed by atoms with van der Waals surface area (Å²) in [4.78, 5) is 173. The number of primary amides is 1. The fraction of sp³-hybridized carbons (Fsp3) is 0.574. The Morgan fingerprint density at radius 2 is 1.19 bits per heavy atom. The van der Waals surface area contributed by atoms with Gasteiger partial charge < -0.3 is 84.0 Å². The van der Waals surface area contributed by atoms with Crippen LogP contribution in [0.1, 0.15) is 141 Å². The number of aliphatic carboxylic acids is 1. The molecular weight excluding hydrogens is 1310 g/mol. The van der Waals surface area contributed by atoms with Gasteiger partial charge in [-0.1, -0.05) is 77.4 Å². The lowest BCUT2D eigenvalue weighted by atomic mass is 9.97. The highest BCUT2D eigenvalue weighted by Gasteiger charge is 2.37. The first kappa shape index (κ1) is 79.3. The minimum Gasteiger partial charge on any atom is -0.494 e. The summed E-state index contributed by atoms with van der Waals surface area (Å²) in [5, 5.41) is 39.4. The number of nitrogens with two attached hydrogens (primary N) is 2. The van der Waals surface area contributed by atoms with Crippen LogP contribution in [0.5, 0.6) is 5.75 Å². The van der Waals surface area contributed by atoms with Crippen LogP contribution in [0, 0.1) is 17.8 Å². The van der Waals surface area contributed by atoms with Crippen LogP contribution in [0.2, 0.25) is 0 Å². The van der Waals surface area contributed by atoms with Crippen LogP contribution in [0.15, 0.2) is 66.3 Å². The maximum atomic E-state index is 15.0. The maximum Gasteiger partial charge on any atom is 0.305 e. The van der Waals surface area contributed by atoms with E-state index < -0.39 is 126 Å². The summed E-state index contributed by atoms with van der Waals surface area (Å²) in [6.07, 6.45) is 8.36. The van der Waals surface area contributed by atoms with Crippen molar-refractivity contribution in [3.8, 4) is 5.75 Å². The second-order valence-corrected chi connectivity index (χ2v) is 28.1. The molecule has 16 N–H and O–H groups in total. The number of hydrogen-bond acceptors (Lipinski definition) is 18. The fourth-order valence-corrected chi connectivity index (χ4v) is 13.2. The van der Waals surface area contributed by atoms with Gasteiger partial charge in [-0.25, -0.2) is 4.98 Å². The Morgan fingerprint density at radius 3 is 1.82 bits per heavy atom. The summed E-state index contributed by atoms with van der Waals surface area (Å²) in [6, 6.07) is 0.211. The molecule has 10 amide bonds. The topological polar surface area (TPSA) is 444 Å². The molecule has 0 aliphatic carbocycles. The number of para-hydroxylation sites is 1. The van der Waals surface area contributed by atoms with E-state index in [9.17, 15) is 57.8 Å². The maximum absolute atomic E-state index is 15.0. The molecule has 4 bridgehead atoms. The number of rotatable bonds is 18. The molecule has 3 unspecified atom stereocenters. The molecule has 31 heteroatoms. The van der Waals surface area contributed by atoms with Crippen LogP contribution >= 0.6 is 23.5 Å². The predicted octanol–water partition coefficient (Wildman–Crippen LogP) is 2.79. The number of fused-ring (bicyclic) bond motifs is 6. The zero-order valence-corrected chi connectivity index (χ0v) is 58.9. The third-order valence-electron chi connectivity index (χ3n) is 16.7. The number of thioether (sulfide) groups is 2. The molecule has 0 saturated carbocycles. The van der Waals surface area contributed by atoms with Gasteiger partial charge in [-0.3, -0.25) is 52.7 Å². The van der Waals surface area contributed by atoms with Gasteiger partial charge in [0.25, 0.3) is 5.91 Å². The largest absolute Gasteiger partial charge is 0.494 e. The lowest BCUT2D eigenvalue weighted by molar-refractivity contribution is -0.141. The number of aromatic amines is 2. The molecule has 10 atom stereocenters. The first-order valence-corrected chi connectivity index (χ1v) is 36.2. The third-order valence-corrected chi connectivity index (χ3v) is 18.9. The van der Waals surface area contributed by atoms with Gasteiger partial charge in [-0.15, -0.1) is 0 Å². The zero-order chi connectivity index (χ0) is 72.0. The van der Waals surface area contributed by atoms with Gasteiger partial charge in [0.2, 0.25) is 53.2 Å². The first-order valence-electron chi connectivity index (χ1n) is 33.9. The second kappa shape index (κ2) is 41.0. The number of carboxylic acid groups (broad SMARTS) is 1. The van der Waals surface area contributed by atoms with E-state index in [0.717, 1.165) is 41.1 Å². The molecular formula is C68H99N15O14S2. The van der Waals surface area contributed by atoms with Crippen LogP contribution in [-0.2, 0) is 81.9 Å². The smallest absolute Gasteiger partial charge is 0.305 e. The number of imidazole rings is 1. The molecule has 4 heterocycles. The van der Waals surface area contributed by atoms with Crippen molar-refractivity contribution in [3.63, 3.8) is 0 Å². The molecule has 2 aromatic heterocycles. The van der Waals surface area contributed by atoms with Crippen LogP contribution in [-0.4, -0.2) is 177 Å². The van der Waals surface area contributed by atoms with Gasteiger partial charge in [-0.2, -0.15) is 23.5 Å². The molecule has 6 rings (SSSR count). The minimum absolute atomic E-state index is 0.00488. The Labute approximate surface area is 585 Å². The van der Waals surface area contributed by atoms with E-state index in [-0.39, 0.29) is 92.4 Å². The lowest BCUT2D eigenvalue weighted by Crippen LogP contribution is -2.61. The number of oxime groups is 1. The molecule has 2 aromatic carbocycles. The number of carboxylic acids is 1. The number of hydrogen-bond donors (Lipinski definition) is 14. The van der Waals surface area contributed by atoms with E-state index in [1.54, 1.807) is 20.0 Å². The Morgan fingerprint density at radius 1 is 0.626 bits per heavy atom. The molecule has 99 heavy (non-hydrogen) atoms. The van der Waals surface area contributed by atoms with Gasteiger partial charge in [0, 0.05) is 64.8 Å². The average molecular weight is 1410 g/mol. The standard InChI is InChI=1S/C68H99N15O14S2/c1-7-41(6)24-52-64(91)80-53(28-44-31-72-48-17-11-10-16-47(44)48)65(92)78-51(23-40(4)5)63(90)82-56(60(70)87)36-98-34-42-25-43-27-46(26-42)96-20-14-8-9-15-21-97-74-33-58(84)75-54(29-45-32-71-38-73-45)66(93)83-57(37-99-35-43)68(95)76-49(18-12-13-19-69)61(88)77-50(22-39(2)3)62(89)81-55(30-59(85)86)67(94)79-52/h10-11,16-17,25-27,31-33,38-41,49-57,72H,7-9,12-15,18-24,28-30,34-37,69H2,1-6H3,(H2,70,87)(H,71,73)(H,75,84)(H,76,95)(H,77,88)(H,78,92)(H,79,94)(H,80,91)(H,81,89)(H,82,90)(H,83,93)(H,85,86)/b74-33+/t41?,49-,50-,51-,52-,53?,54?,55-,56-,57-/m0/s1. The summed E-state index contributed by atoms with van der Waals surface area (Å²) in [5.41, 5.74) is 15.2. The van der Waals surface area contributed by atoms with Gasteiger partial charge in [0.1, 0.15) is 72.9 Å². The number of amides is 10. The molecule has 29 nitrogen and oxygen atoms in total. The van der Waals surface area contributed by atoms with Crippen molar-refractivity contribution in [1.29, 1.82) is 0 Å². The number of unbranched alkanes of at least 4 members (excludes halogenated alkanes) is 1. The van der Waals surface area contributed by atoms with Crippen LogP contribution in [0.25, 0.3) is 10.9 Å². The number of carbonyl (C=O) groups is 11. The summed E-state index contributed by atoms with van der Waals surface area (Å²) >= 11 is 2.55. The zero-order valence-electron chi connectivity index (χ0n) is 57.2. The molecule has 542 valence electrons. The van der Waals surface area contributed by atoms with Crippen molar-refractivity contribution < 1.29 is 67.4 Å². The van der Waals surface area contributed by atoms with Crippen LogP contribution < -0.4 is 64.1 Å². The van der Waals surface area contributed by atoms with Crippen molar-refractivity contribution in [2.24, 2.45) is 34.4 Å². The molecule has 0 fully saturated rings. The first-order chi connectivity index (χ1) is 47.4. The number of nitrogens with one attached hydrogen (secondary N) is 11. The van der Waals surface area contributed by atoms with Crippen molar-refractivity contribution in [2.45, 2.75) is 197 Å². The van der Waals surface area contributed by atoms with E-state index in [1.807, 2.05) is 70.2 Å². The van der Waals surface area contributed by atoms with E-state index in [1.165, 1.54) is 36.0 Å². The summed E-state index contributed by atoms with van der Waals surface area (Å²) in [6.45, 7) is 11.7. The molecule has 4 aromatic rings. The Hall–Kier alpha value is -8.71. The molecule has 0 saturated heterocycles. The summed E-state index contributed by atoms with van der Waals surface area (Å²) in [5.74, 6) is -9.78. The van der Waals surface area contributed by atoms with E-state index in [4.69, 9.17) is 21.0 Å². The lowest BCUT2D eigenvalue weighted by Gasteiger charge is -2.29. The van der Waals surface area contributed by atoms with Crippen LogP contribution in [0.3, 0.4) is 0 Å². The van der Waals surface area contributed by atoms with Gasteiger partial charge in [0.05, 0.1) is 19.4 Å². The molecule has 2 aliphatic rings. The SMILES string of the molecule is CCC(C)C[C@@H]1NC(=O)[C@H](CC(=O)O)NC(=O)[C@H](CC(C)C)NC(=O)[C@H](CCCCN)NC(=O)[C@@H]2CSCc3cc(cc(c3)OCCCCCCO/N=C/C(=O)NC(Cc3cnc[nH]3)C(=O)N2)CSC[C@@H](C(N)=O)NC(=O)[C@H](CC(C)C)NC(=O)C(Cc2c[nH]c3ccccc23)NC1=O. The van der Waals surface area contributed by atoms with Crippen molar-refractivity contribution in [3.05, 3.63) is 83.6 Å². The van der Waals surface area contributed by atoms with Crippen molar-refractivity contribution in [1.82, 2.24) is 62.8 Å². The van der Waals surface area contributed by atoms with Gasteiger partial charge >= 0.3 is 5.97 Å². The van der Waals surface area contributed by atoms with Gasteiger partial charge in [0.15, 0.2) is 0 Å². The number of nitrogens with zero attached hydrogens (tertiary/aromatic N) is 2.